The van der Waals surface area contributed by atoms with Crippen LogP contribution in [0.4, 0.5) is 0 Å². The van der Waals surface area contributed by atoms with E-state index in [1.165, 1.54) is 96.3 Å². The first-order valence-electron chi connectivity index (χ1n) is 8.39. The zero-order valence-corrected chi connectivity index (χ0v) is 15.5. The van der Waals surface area contributed by atoms with Gasteiger partial charge in [0.1, 0.15) is 0 Å². The third-order valence-corrected chi connectivity index (χ3v) is 7.34. The van der Waals surface area contributed by atoms with E-state index in [4.69, 9.17) is 0 Å². The van der Waals surface area contributed by atoms with Crippen LogP contribution < -0.4 is 0 Å². The van der Waals surface area contributed by atoms with E-state index in [0.717, 1.165) is 0 Å². The fourth-order valence-corrected chi connectivity index (χ4v) is 5.16. The Hall–Kier alpha value is 0.599. The normalized spacial score (nSPS) is 23.6. The standard InChI is InChI=1S/C16H31.O.Sn.H/c1-2-4-6-8-10-12-14-16-15-13-11-9-7-5-3-1;;;/h1H,2-16H2;;;. The zero-order chi connectivity index (χ0) is 12.9. The maximum atomic E-state index is 11.3. The predicted molar refractivity (Wildman–Crippen MR) is 80.8 cm³/mol. The first-order chi connectivity index (χ1) is 8.93. The number of hydrogen-bond donors (Lipinski definition) is 0. The fraction of sp³-hybridized carbons (Fsp3) is 1.00. The summed E-state index contributed by atoms with van der Waals surface area (Å²) in [7, 11) is 0. The summed E-state index contributed by atoms with van der Waals surface area (Å²) < 4.78 is 12.0. The van der Waals surface area contributed by atoms with Gasteiger partial charge in [0.25, 0.3) is 0 Å². The summed E-state index contributed by atoms with van der Waals surface area (Å²) >= 11 is -1.42. The van der Waals surface area contributed by atoms with Crippen molar-refractivity contribution < 1.29 is 3.08 Å². The van der Waals surface area contributed by atoms with Crippen LogP contribution in [0, 0.1) is 0 Å². The van der Waals surface area contributed by atoms with Gasteiger partial charge in [-0.25, -0.2) is 0 Å². The van der Waals surface area contributed by atoms with E-state index in [1.807, 2.05) is 0 Å². The van der Waals surface area contributed by atoms with Crippen molar-refractivity contribution in [1.82, 2.24) is 0 Å². The summed E-state index contributed by atoms with van der Waals surface area (Å²) in [6.45, 7) is 0. The zero-order valence-electron chi connectivity index (χ0n) is 12.2. The molecule has 0 aromatic carbocycles. The molecule has 1 saturated carbocycles. The molecule has 0 saturated heterocycles. The molecule has 0 radical (unpaired) electrons. The van der Waals surface area contributed by atoms with Crippen LogP contribution in [0.5, 0.6) is 0 Å². The summed E-state index contributed by atoms with van der Waals surface area (Å²) in [6.07, 6.45) is 21.0. The van der Waals surface area contributed by atoms with Gasteiger partial charge in [-0.15, -0.1) is 0 Å². The molecule has 0 aromatic heterocycles. The predicted octanol–water partition coefficient (Wildman–Crippen LogP) is 5.42. The Morgan fingerprint density at radius 3 is 1.06 bits per heavy atom. The Balaban J connectivity index is 2.17. The average Bonchev–Trinajstić information content (AvgIpc) is 2.39. The van der Waals surface area contributed by atoms with E-state index >= 15 is 0 Å². The Morgan fingerprint density at radius 1 is 0.500 bits per heavy atom. The van der Waals surface area contributed by atoms with Gasteiger partial charge in [0.2, 0.25) is 0 Å². The summed E-state index contributed by atoms with van der Waals surface area (Å²) in [5.74, 6) is 0. The molecule has 0 spiro atoms. The van der Waals surface area contributed by atoms with Crippen molar-refractivity contribution in [2.45, 2.75) is 100 Å². The third kappa shape index (κ3) is 9.52. The second kappa shape index (κ2) is 12.6. The topological polar surface area (TPSA) is 17.1 Å². The molecule has 1 aliphatic rings. The van der Waals surface area contributed by atoms with Crippen LogP contribution in [-0.4, -0.2) is 21.1 Å². The molecule has 0 unspecified atom stereocenters. The van der Waals surface area contributed by atoms with Crippen LogP contribution in [-0.2, 0) is 3.08 Å². The van der Waals surface area contributed by atoms with Gasteiger partial charge in [0.15, 0.2) is 0 Å². The molecule has 0 N–H and O–H groups in total. The van der Waals surface area contributed by atoms with Crippen LogP contribution in [0.2, 0.25) is 3.93 Å². The van der Waals surface area contributed by atoms with Gasteiger partial charge in [0, 0.05) is 0 Å². The molecule has 0 bridgehead atoms. The van der Waals surface area contributed by atoms with Crippen molar-refractivity contribution >= 4 is 21.1 Å². The molecule has 0 aliphatic heterocycles. The van der Waals surface area contributed by atoms with Crippen molar-refractivity contribution in [1.29, 1.82) is 0 Å². The Morgan fingerprint density at radius 2 is 0.778 bits per heavy atom. The van der Waals surface area contributed by atoms with Crippen LogP contribution in [0.25, 0.3) is 0 Å². The van der Waals surface area contributed by atoms with E-state index in [9.17, 15) is 3.08 Å². The molecule has 1 fully saturated rings. The van der Waals surface area contributed by atoms with Crippen LogP contribution >= 0.6 is 0 Å². The minimum absolute atomic E-state index is 0.674. The molecular weight excluding hydrogens is 327 g/mol. The quantitative estimate of drug-likeness (QED) is 0.571. The number of hydrogen-bond acceptors (Lipinski definition) is 1. The Bertz CT molecular complexity index is 178. The summed E-state index contributed by atoms with van der Waals surface area (Å²) in [5, 5.41) is 0. The van der Waals surface area contributed by atoms with E-state index < -0.39 is 21.1 Å². The van der Waals surface area contributed by atoms with Gasteiger partial charge in [0.05, 0.1) is 0 Å². The fourth-order valence-electron chi connectivity index (χ4n) is 3.04. The second-order valence-corrected chi connectivity index (χ2v) is 9.54. The molecule has 1 nitrogen and oxygen atoms in total. The molecule has 0 amide bonds. The van der Waals surface area contributed by atoms with Gasteiger partial charge >= 0.3 is 124 Å². The summed E-state index contributed by atoms with van der Waals surface area (Å²) in [5.41, 5.74) is 0. The molecule has 0 atom stereocenters. The van der Waals surface area contributed by atoms with Crippen molar-refractivity contribution in [3.8, 4) is 0 Å². The van der Waals surface area contributed by atoms with E-state index in [2.05, 4.69) is 0 Å². The molecular formula is C16H32OSn. The minimum atomic E-state index is -1.42. The Labute approximate surface area is 124 Å². The molecule has 106 valence electrons. The van der Waals surface area contributed by atoms with Gasteiger partial charge in [-0.1, -0.05) is 0 Å². The SMILES string of the molecule is [O]=[SnH][CH]1CCCCCCCCCCCCCCC1. The van der Waals surface area contributed by atoms with E-state index in [0.29, 0.717) is 3.93 Å². The molecule has 0 aromatic rings. The monoisotopic (exact) mass is 360 g/mol. The molecule has 1 aliphatic carbocycles. The van der Waals surface area contributed by atoms with Crippen LogP contribution in [0.1, 0.15) is 96.3 Å². The van der Waals surface area contributed by atoms with Crippen LogP contribution in [0.3, 0.4) is 0 Å². The van der Waals surface area contributed by atoms with Crippen molar-refractivity contribution in [3.63, 3.8) is 0 Å². The average molecular weight is 359 g/mol. The van der Waals surface area contributed by atoms with E-state index in [-0.39, 0.29) is 0 Å². The number of rotatable bonds is 1. The molecule has 1 rings (SSSR count). The van der Waals surface area contributed by atoms with E-state index in [1.54, 1.807) is 0 Å². The molecule has 2 heteroatoms. The Kier molecular flexibility index (Phi) is 11.7. The third-order valence-electron chi connectivity index (χ3n) is 4.34. The van der Waals surface area contributed by atoms with Gasteiger partial charge in [-0.3, -0.25) is 0 Å². The second-order valence-electron chi connectivity index (χ2n) is 6.07. The van der Waals surface area contributed by atoms with Gasteiger partial charge in [-0.05, 0) is 0 Å². The van der Waals surface area contributed by atoms with Crippen molar-refractivity contribution in [3.05, 3.63) is 0 Å². The molecule has 0 heterocycles. The van der Waals surface area contributed by atoms with Crippen LogP contribution in [0.15, 0.2) is 0 Å². The summed E-state index contributed by atoms with van der Waals surface area (Å²) in [6, 6.07) is 0. The summed E-state index contributed by atoms with van der Waals surface area (Å²) in [4.78, 5) is 0. The first-order valence-corrected chi connectivity index (χ1v) is 11.6. The van der Waals surface area contributed by atoms with Gasteiger partial charge < -0.3 is 0 Å². The first kappa shape index (κ1) is 16.7. The molecule has 18 heavy (non-hydrogen) atoms. The maximum absolute atomic E-state index is 11.3. The van der Waals surface area contributed by atoms with Gasteiger partial charge in [-0.2, -0.15) is 0 Å². The van der Waals surface area contributed by atoms with Crippen molar-refractivity contribution in [2.24, 2.45) is 0 Å². The van der Waals surface area contributed by atoms with Crippen molar-refractivity contribution in [2.75, 3.05) is 0 Å².